The lowest BCUT2D eigenvalue weighted by molar-refractivity contribution is -0.426. The van der Waals surface area contributed by atoms with Crippen molar-refractivity contribution in [3.05, 3.63) is 11.6 Å². The molecule has 5 heteroatoms. The molecule has 3 fully saturated rings. The Morgan fingerprint density at radius 3 is 2.62 bits per heavy atom. The van der Waals surface area contributed by atoms with Crippen molar-refractivity contribution in [3.63, 3.8) is 0 Å². The molecule has 1 saturated carbocycles. The van der Waals surface area contributed by atoms with E-state index in [9.17, 15) is 9.90 Å². The van der Waals surface area contributed by atoms with Crippen LogP contribution in [0.15, 0.2) is 11.6 Å². The molecule has 4 rings (SSSR count). The van der Waals surface area contributed by atoms with Gasteiger partial charge in [-0.3, -0.25) is 4.79 Å². The maximum atomic E-state index is 11.3. The first-order valence-electron chi connectivity index (χ1n) is 11.4. The third-order valence-corrected chi connectivity index (χ3v) is 9.33. The molecular formula is C24H38O5. The van der Waals surface area contributed by atoms with Crippen molar-refractivity contribution in [2.45, 2.75) is 103 Å². The largest absolute Gasteiger partial charge is 0.481 e. The predicted molar refractivity (Wildman–Crippen MR) is 110 cm³/mol. The van der Waals surface area contributed by atoms with Crippen molar-refractivity contribution >= 4 is 5.97 Å². The highest BCUT2D eigenvalue weighted by Crippen LogP contribution is 2.65. The number of hydrogen-bond acceptors (Lipinski definition) is 4. The standard InChI is InChI=1S/C24H38O5/c1-14-7-8-18-17(11-14)12-15(2)22(4)13-20(27-24(18,22)6)23(5)10-9-19(28-29-23)16(3)21(25)26/h11,15-20H,7-10,12-13H2,1-6H3,(H,25,26)/t15?,16-,17?,18?,19-,20?,22?,23+,24?/m1/s1. The fraction of sp³-hybridized carbons (Fsp3) is 0.875. The van der Waals surface area contributed by atoms with E-state index < -0.39 is 23.6 Å². The number of carbonyl (C=O) groups is 1. The number of allylic oxidation sites excluding steroid dienone is 2. The molecule has 6 unspecified atom stereocenters. The summed E-state index contributed by atoms with van der Waals surface area (Å²) >= 11 is 0. The van der Waals surface area contributed by atoms with Gasteiger partial charge in [-0.2, -0.15) is 0 Å². The molecule has 0 aromatic heterocycles. The SMILES string of the molecule is CC1=CC2CC(C)C3(C)CC([C@]4(C)CC[C@H]([C@@H](C)C(=O)O)OO4)OC3(C)C2CC1. The minimum atomic E-state index is -0.842. The van der Waals surface area contributed by atoms with Gasteiger partial charge in [0.1, 0.15) is 11.7 Å². The molecule has 0 aromatic rings. The van der Waals surface area contributed by atoms with E-state index >= 15 is 0 Å². The highest BCUT2D eigenvalue weighted by Gasteiger charge is 2.66. The van der Waals surface area contributed by atoms with Crippen LogP contribution in [0.2, 0.25) is 0 Å². The first-order valence-corrected chi connectivity index (χ1v) is 11.4. The van der Waals surface area contributed by atoms with Gasteiger partial charge in [0, 0.05) is 5.41 Å². The molecule has 2 aliphatic carbocycles. The topological polar surface area (TPSA) is 65.0 Å². The van der Waals surface area contributed by atoms with E-state index in [4.69, 9.17) is 14.5 Å². The lowest BCUT2D eigenvalue weighted by Gasteiger charge is -2.56. The summed E-state index contributed by atoms with van der Waals surface area (Å²) in [4.78, 5) is 22.8. The highest BCUT2D eigenvalue weighted by atomic mass is 17.2. The summed E-state index contributed by atoms with van der Waals surface area (Å²) in [5.41, 5.74) is 0.924. The van der Waals surface area contributed by atoms with Crippen LogP contribution >= 0.6 is 0 Å². The normalized spacial score (nSPS) is 51.0. The smallest absolute Gasteiger partial charge is 0.308 e. The third kappa shape index (κ3) is 3.19. The molecule has 0 spiro atoms. The van der Waals surface area contributed by atoms with Crippen molar-refractivity contribution < 1.29 is 24.4 Å². The Kier molecular flexibility index (Phi) is 5.20. The highest BCUT2D eigenvalue weighted by molar-refractivity contribution is 5.70. The molecule has 0 radical (unpaired) electrons. The van der Waals surface area contributed by atoms with Crippen LogP contribution in [0.3, 0.4) is 0 Å². The van der Waals surface area contributed by atoms with Gasteiger partial charge in [0.15, 0.2) is 0 Å². The van der Waals surface area contributed by atoms with E-state index in [1.54, 1.807) is 6.92 Å². The van der Waals surface area contributed by atoms with Gasteiger partial charge in [0.25, 0.3) is 0 Å². The van der Waals surface area contributed by atoms with Gasteiger partial charge in [-0.05, 0) is 84.0 Å². The Morgan fingerprint density at radius 2 is 2.00 bits per heavy atom. The molecular weight excluding hydrogens is 368 g/mol. The van der Waals surface area contributed by atoms with Crippen molar-refractivity contribution in [1.29, 1.82) is 0 Å². The first-order chi connectivity index (χ1) is 13.5. The van der Waals surface area contributed by atoms with Crippen LogP contribution in [0.5, 0.6) is 0 Å². The van der Waals surface area contributed by atoms with Crippen molar-refractivity contribution in [1.82, 2.24) is 0 Å². The van der Waals surface area contributed by atoms with E-state index in [0.29, 0.717) is 24.2 Å². The molecule has 29 heavy (non-hydrogen) atoms. The van der Waals surface area contributed by atoms with E-state index in [1.165, 1.54) is 24.8 Å². The second kappa shape index (κ2) is 7.06. The van der Waals surface area contributed by atoms with Gasteiger partial charge in [0.05, 0.1) is 17.6 Å². The molecule has 164 valence electrons. The van der Waals surface area contributed by atoms with Crippen LogP contribution < -0.4 is 0 Å². The summed E-state index contributed by atoms with van der Waals surface area (Å²) in [5.74, 6) is 0.317. The molecule has 0 aromatic carbocycles. The molecule has 5 nitrogen and oxygen atoms in total. The molecule has 2 aliphatic heterocycles. The Labute approximate surface area is 175 Å². The number of carboxylic acid groups (broad SMARTS) is 1. The van der Waals surface area contributed by atoms with Gasteiger partial charge in [0.2, 0.25) is 0 Å². The van der Waals surface area contributed by atoms with Gasteiger partial charge < -0.3 is 9.84 Å². The van der Waals surface area contributed by atoms with Gasteiger partial charge >= 0.3 is 5.97 Å². The molecule has 9 atom stereocenters. The molecule has 2 heterocycles. The van der Waals surface area contributed by atoms with E-state index in [0.717, 1.165) is 12.8 Å². The summed E-state index contributed by atoms with van der Waals surface area (Å²) in [6, 6.07) is 0. The second-order valence-corrected chi connectivity index (χ2v) is 11.0. The zero-order valence-corrected chi connectivity index (χ0v) is 18.9. The minimum absolute atomic E-state index is 0.0354. The van der Waals surface area contributed by atoms with Crippen LogP contribution in [0.25, 0.3) is 0 Å². The second-order valence-electron chi connectivity index (χ2n) is 11.0. The maximum absolute atomic E-state index is 11.3. The van der Waals surface area contributed by atoms with Crippen LogP contribution in [0.1, 0.15) is 80.1 Å². The Bertz CT molecular complexity index is 693. The summed E-state index contributed by atoms with van der Waals surface area (Å²) in [7, 11) is 0. The van der Waals surface area contributed by atoms with Crippen molar-refractivity contribution in [2.75, 3.05) is 0 Å². The molecule has 0 bridgehead atoms. The van der Waals surface area contributed by atoms with Crippen LogP contribution in [-0.4, -0.2) is 34.5 Å². The Morgan fingerprint density at radius 1 is 1.28 bits per heavy atom. The summed E-state index contributed by atoms with van der Waals surface area (Å²) in [6.45, 7) is 13.2. The van der Waals surface area contributed by atoms with Crippen molar-refractivity contribution in [2.24, 2.45) is 29.1 Å². The zero-order valence-electron chi connectivity index (χ0n) is 18.9. The summed E-state index contributed by atoms with van der Waals surface area (Å²) in [5, 5.41) is 9.28. The van der Waals surface area contributed by atoms with E-state index in [-0.39, 0.29) is 17.1 Å². The zero-order chi connectivity index (χ0) is 21.2. The average molecular weight is 407 g/mol. The number of aliphatic carboxylic acids is 1. The minimum Gasteiger partial charge on any atom is -0.481 e. The fourth-order valence-electron chi connectivity index (χ4n) is 6.75. The number of ether oxygens (including phenoxy) is 1. The molecule has 2 saturated heterocycles. The molecule has 1 N–H and O–H groups in total. The van der Waals surface area contributed by atoms with Gasteiger partial charge in [-0.25, -0.2) is 9.78 Å². The van der Waals surface area contributed by atoms with Crippen LogP contribution in [-0.2, 0) is 19.3 Å². The number of hydrogen-bond donors (Lipinski definition) is 1. The number of fused-ring (bicyclic) bond motifs is 3. The summed E-state index contributed by atoms with van der Waals surface area (Å²) in [6.07, 6.45) is 8.08. The fourth-order valence-corrected chi connectivity index (χ4v) is 6.75. The van der Waals surface area contributed by atoms with Crippen molar-refractivity contribution in [3.8, 4) is 0 Å². The van der Waals surface area contributed by atoms with E-state index in [2.05, 4.69) is 40.7 Å². The van der Waals surface area contributed by atoms with Crippen LogP contribution in [0, 0.1) is 29.1 Å². The number of carboxylic acids is 1. The average Bonchev–Trinajstić information content (AvgIpc) is 2.96. The van der Waals surface area contributed by atoms with Gasteiger partial charge in [-0.15, -0.1) is 0 Å². The Hall–Kier alpha value is -0.910. The third-order valence-electron chi connectivity index (χ3n) is 9.33. The lowest BCUT2D eigenvalue weighted by Crippen LogP contribution is -2.57. The van der Waals surface area contributed by atoms with E-state index in [1.807, 2.05) is 0 Å². The van der Waals surface area contributed by atoms with Gasteiger partial charge in [-0.1, -0.05) is 25.5 Å². The van der Waals surface area contributed by atoms with Crippen LogP contribution in [0.4, 0.5) is 0 Å². The molecule has 0 amide bonds. The quantitative estimate of drug-likeness (QED) is 0.519. The first kappa shape index (κ1) is 21.3. The Balaban J connectivity index is 1.54. The maximum Gasteiger partial charge on any atom is 0.308 e. The lowest BCUT2D eigenvalue weighted by atomic mass is 9.50. The summed E-state index contributed by atoms with van der Waals surface area (Å²) < 4.78 is 6.97. The monoisotopic (exact) mass is 406 g/mol. The predicted octanol–water partition coefficient (Wildman–Crippen LogP) is 5.14. The number of rotatable bonds is 3. The molecule has 4 aliphatic rings.